The van der Waals surface area contributed by atoms with Crippen molar-refractivity contribution in [2.24, 2.45) is 0 Å². The van der Waals surface area contributed by atoms with E-state index in [2.05, 4.69) is 0 Å². The third-order valence-electron chi connectivity index (χ3n) is 3.65. The number of carbonyl (C=O) groups is 1. The number of ether oxygens (including phenoxy) is 2. The molecule has 24 heavy (non-hydrogen) atoms. The average Bonchev–Trinajstić information content (AvgIpc) is 2.56. The first-order valence-corrected chi connectivity index (χ1v) is 7.65. The minimum atomic E-state index is -1.07. The van der Waals surface area contributed by atoms with Gasteiger partial charge in [-0.25, -0.2) is 4.39 Å². The Morgan fingerprint density at radius 2 is 1.75 bits per heavy atom. The molecule has 0 heterocycles. The molecule has 0 bridgehead atoms. The summed E-state index contributed by atoms with van der Waals surface area (Å²) in [5, 5.41) is 0. The van der Waals surface area contributed by atoms with Crippen LogP contribution in [-0.2, 0) is 11.3 Å². The number of carbonyl (C=O) groups excluding carboxylic acids is 1. The third kappa shape index (κ3) is 4.25. The Bertz CT molecular complexity index is 698. The van der Waals surface area contributed by atoms with E-state index < -0.39 is 5.60 Å². The van der Waals surface area contributed by atoms with Gasteiger partial charge >= 0.3 is 0 Å². The standard InChI is InChI=1S/C19H22FNO3/c1-19(2,24-16-11-9-15(20)10-12-16)18(22)21(3)13-14-7-5-6-8-17(14)23-4/h5-12H,13H2,1-4H3. The SMILES string of the molecule is COc1ccccc1CN(C)C(=O)C(C)(C)Oc1ccc(F)cc1. The summed E-state index contributed by atoms with van der Waals surface area (Å²) in [5.74, 6) is 0.646. The van der Waals surface area contributed by atoms with Crippen molar-refractivity contribution in [1.29, 1.82) is 0 Å². The molecular formula is C19H22FNO3. The minimum Gasteiger partial charge on any atom is -0.496 e. The largest absolute Gasteiger partial charge is 0.496 e. The van der Waals surface area contributed by atoms with Gasteiger partial charge in [-0.3, -0.25) is 4.79 Å². The van der Waals surface area contributed by atoms with Crippen LogP contribution in [0.2, 0.25) is 0 Å². The Labute approximate surface area is 141 Å². The number of methoxy groups -OCH3 is 1. The van der Waals surface area contributed by atoms with Gasteiger partial charge in [-0.1, -0.05) is 18.2 Å². The lowest BCUT2D eigenvalue weighted by Crippen LogP contribution is -2.47. The highest BCUT2D eigenvalue weighted by atomic mass is 19.1. The molecule has 0 fully saturated rings. The molecule has 0 aromatic heterocycles. The summed E-state index contributed by atoms with van der Waals surface area (Å²) in [4.78, 5) is 14.3. The number of nitrogens with zero attached hydrogens (tertiary/aromatic N) is 1. The number of rotatable bonds is 6. The van der Waals surface area contributed by atoms with E-state index in [4.69, 9.17) is 9.47 Å². The zero-order chi connectivity index (χ0) is 17.7. The maximum Gasteiger partial charge on any atom is 0.266 e. The zero-order valence-electron chi connectivity index (χ0n) is 14.4. The van der Waals surface area contributed by atoms with E-state index in [9.17, 15) is 9.18 Å². The van der Waals surface area contributed by atoms with Crippen LogP contribution < -0.4 is 9.47 Å². The molecule has 0 atom stereocenters. The number of para-hydroxylation sites is 1. The molecule has 0 aliphatic carbocycles. The molecule has 0 aliphatic rings. The van der Waals surface area contributed by atoms with Crippen LogP contribution in [0.25, 0.3) is 0 Å². The maximum atomic E-state index is 13.0. The molecule has 0 saturated carbocycles. The molecule has 4 nitrogen and oxygen atoms in total. The monoisotopic (exact) mass is 331 g/mol. The van der Waals surface area contributed by atoms with Gasteiger partial charge in [-0.15, -0.1) is 0 Å². The van der Waals surface area contributed by atoms with Crippen molar-refractivity contribution in [3.05, 3.63) is 59.9 Å². The van der Waals surface area contributed by atoms with Crippen LogP contribution in [0.4, 0.5) is 4.39 Å². The molecule has 0 unspecified atom stereocenters. The fourth-order valence-corrected chi connectivity index (χ4v) is 2.46. The van der Waals surface area contributed by atoms with E-state index in [-0.39, 0.29) is 11.7 Å². The van der Waals surface area contributed by atoms with Crippen LogP contribution >= 0.6 is 0 Å². The molecule has 0 radical (unpaired) electrons. The highest BCUT2D eigenvalue weighted by Gasteiger charge is 2.33. The summed E-state index contributed by atoms with van der Waals surface area (Å²) in [7, 11) is 3.31. The summed E-state index contributed by atoms with van der Waals surface area (Å²) in [6.07, 6.45) is 0. The minimum absolute atomic E-state index is 0.183. The predicted octanol–water partition coefficient (Wildman–Crippen LogP) is 3.65. The van der Waals surface area contributed by atoms with E-state index in [1.165, 1.54) is 24.3 Å². The lowest BCUT2D eigenvalue weighted by Gasteiger charge is -2.30. The van der Waals surface area contributed by atoms with Crippen LogP contribution in [0, 0.1) is 5.82 Å². The van der Waals surface area contributed by atoms with E-state index in [1.807, 2.05) is 24.3 Å². The van der Waals surface area contributed by atoms with Crippen LogP contribution in [0.3, 0.4) is 0 Å². The second-order valence-electron chi connectivity index (χ2n) is 6.04. The van der Waals surface area contributed by atoms with Gasteiger partial charge in [0.1, 0.15) is 17.3 Å². The van der Waals surface area contributed by atoms with Gasteiger partial charge in [0.2, 0.25) is 0 Å². The molecule has 128 valence electrons. The van der Waals surface area contributed by atoms with E-state index in [1.54, 1.807) is 32.9 Å². The highest BCUT2D eigenvalue weighted by Crippen LogP contribution is 2.23. The van der Waals surface area contributed by atoms with Crippen molar-refractivity contribution in [2.75, 3.05) is 14.2 Å². The maximum absolute atomic E-state index is 13.0. The first-order chi connectivity index (χ1) is 11.3. The van der Waals surface area contributed by atoms with Gasteiger partial charge in [-0.05, 0) is 44.2 Å². The molecule has 1 amide bonds. The van der Waals surface area contributed by atoms with Crippen molar-refractivity contribution in [2.45, 2.75) is 26.0 Å². The number of hydrogen-bond acceptors (Lipinski definition) is 3. The molecule has 0 saturated heterocycles. The van der Waals surface area contributed by atoms with Gasteiger partial charge in [0.25, 0.3) is 5.91 Å². The average molecular weight is 331 g/mol. The van der Waals surface area contributed by atoms with Crippen molar-refractivity contribution >= 4 is 5.91 Å². The Morgan fingerprint density at radius 3 is 2.38 bits per heavy atom. The van der Waals surface area contributed by atoms with Gasteiger partial charge in [-0.2, -0.15) is 0 Å². The molecule has 5 heteroatoms. The topological polar surface area (TPSA) is 38.8 Å². The van der Waals surface area contributed by atoms with Crippen LogP contribution in [0.5, 0.6) is 11.5 Å². The molecule has 2 rings (SSSR count). The van der Waals surface area contributed by atoms with Gasteiger partial charge < -0.3 is 14.4 Å². The number of amides is 1. The first-order valence-electron chi connectivity index (χ1n) is 7.65. The van der Waals surface area contributed by atoms with Crippen molar-refractivity contribution < 1.29 is 18.7 Å². The predicted molar refractivity (Wildman–Crippen MR) is 90.6 cm³/mol. The Morgan fingerprint density at radius 1 is 1.12 bits per heavy atom. The number of hydrogen-bond donors (Lipinski definition) is 0. The van der Waals surface area contributed by atoms with Gasteiger partial charge in [0.05, 0.1) is 7.11 Å². The van der Waals surface area contributed by atoms with E-state index in [0.29, 0.717) is 12.3 Å². The molecular weight excluding hydrogens is 309 g/mol. The third-order valence-corrected chi connectivity index (χ3v) is 3.65. The molecule has 2 aromatic rings. The summed E-state index contributed by atoms with van der Waals surface area (Å²) >= 11 is 0. The summed E-state index contributed by atoms with van der Waals surface area (Å²) < 4.78 is 24.0. The zero-order valence-corrected chi connectivity index (χ0v) is 14.4. The quantitative estimate of drug-likeness (QED) is 0.811. The normalized spacial score (nSPS) is 11.0. The van der Waals surface area contributed by atoms with Crippen LogP contribution in [0.1, 0.15) is 19.4 Å². The fourth-order valence-electron chi connectivity index (χ4n) is 2.46. The Balaban J connectivity index is 2.09. The number of benzene rings is 2. The van der Waals surface area contributed by atoms with Crippen molar-refractivity contribution in [3.8, 4) is 11.5 Å². The smallest absolute Gasteiger partial charge is 0.266 e. The molecule has 0 spiro atoms. The van der Waals surface area contributed by atoms with Gasteiger partial charge in [0.15, 0.2) is 5.60 Å². The summed E-state index contributed by atoms with van der Waals surface area (Å²) in [6.45, 7) is 3.79. The van der Waals surface area contributed by atoms with Gasteiger partial charge in [0, 0.05) is 19.2 Å². The van der Waals surface area contributed by atoms with E-state index >= 15 is 0 Å². The second kappa shape index (κ2) is 7.34. The Kier molecular flexibility index (Phi) is 5.44. The lowest BCUT2D eigenvalue weighted by molar-refractivity contribution is -0.144. The number of likely N-dealkylation sites (N-methyl/N-ethyl adjacent to an activating group) is 1. The van der Waals surface area contributed by atoms with E-state index in [0.717, 1.165) is 11.3 Å². The Hall–Kier alpha value is -2.56. The molecule has 0 N–H and O–H groups in total. The summed E-state index contributed by atoms with van der Waals surface area (Å²) in [6, 6.07) is 13.2. The fraction of sp³-hybridized carbons (Fsp3) is 0.316. The highest BCUT2D eigenvalue weighted by molar-refractivity contribution is 5.84. The second-order valence-corrected chi connectivity index (χ2v) is 6.04. The van der Waals surface area contributed by atoms with Crippen LogP contribution in [-0.4, -0.2) is 30.6 Å². The summed E-state index contributed by atoms with van der Waals surface area (Å²) in [5.41, 5.74) is -0.164. The lowest BCUT2D eigenvalue weighted by atomic mass is 10.1. The molecule has 0 aliphatic heterocycles. The van der Waals surface area contributed by atoms with Crippen LogP contribution in [0.15, 0.2) is 48.5 Å². The number of halogens is 1. The van der Waals surface area contributed by atoms with Crippen molar-refractivity contribution in [1.82, 2.24) is 4.90 Å². The molecule has 2 aromatic carbocycles. The van der Waals surface area contributed by atoms with Crippen molar-refractivity contribution in [3.63, 3.8) is 0 Å². The first kappa shape index (κ1) is 17.8.